The topological polar surface area (TPSA) is 80.5 Å². The lowest BCUT2D eigenvalue weighted by Crippen LogP contribution is -2.32. The van der Waals surface area contributed by atoms with Crippen LogP contribution in [0.5, 0.6) is 0 Å². The van der Waals surface area contributed by atoms with E-state index in [9.17, 15) is 13.2 Å². The molecule has 98 valence electrons. The number of primary sulfonamides is 1. The first kappa shape index (κ1) is 13.8. The lowest BCUT2D eigenvalue weighted by Gasteiger charge is -2.18. The lowest BCUT2D eigenvalue weighted by molar-refractivity contribution is -0.117. The Kier molecular flexibility index (Phi) is 3.65. The Morgan fingerprint density at radius 1 is 1.44 bits per heavy atom. The molecule has 0 aromatic heterocycles. The Morgan fingerprint density at radius 2 is 2.11 bits per heavy atom. The zero-order valence-corrected chi connectivity index (χ0v) is 12.7. The van der Waals surface area contributed by atoms with Crippen LogP contribution in [0.2, 0.25) is 0 Å². The van der Waals surface area contributed by atoms with Crippen LogP contribution in [0.15, 0.2) is 18.2 Å². The fraction of sp³-hybridized carbons (Fsp3) is 0.364. The molecule has 1 atom stereocenters. The molecule has 5 nitrogen and oxygen atoms in total. The van der Waals surface area contributed by atoms with Gasteiger partial charge in [0.2, 0.25) is 15.9 Å². The quantitative estimate of drug-likeness (QED) is 0.778. The van der Waals surface area contributed by atoms with Gasteiger partial charge in [0.15, 0.2) is 0 Å². The summed E-state index contributed by atoms with van der Waals surface area (Å²) in [6.45, 7) is 2.10. The largest absolute Gasteiger partial charge is 0.310 e. The Bertz CT molecular complexity index is 600. The third-order valence-electron chi connectivity index (χ3n) is 2.95. The molecule has 1 fully saturated rings. The summed E-state index contributed by atoms with van der Waals surface area (Å²) in [4.78, 5) is 13.4. The number of hydrogen-bond acceptors (Lipinski definition) is 3. The van der Waals surface area contributed by atoms with Crippen LogP contribution in [0.3, 0.4) is 0 Å². The van der Waals surface area contributed by atoms with Gasteiger partial charge in [-0.2, -0.15) is 0 Å². The van der Waals surface area contributed by atoms with Gasteiger partial charge in [-0.1, -0.05) is 6.07 Å². The van der Waals surface area contributed by atoms with Gasteiger partial charge in [0.05, 0.1) is 5.69 Å². The second-order valence-electron chi connectivity index (χ2n) is 4.37. The number of rotatable bonds is 2. The van der Waals surface area contributed by atoms with Crippen LogP contribution in [0.25, 0.3) is 0 Å². The van der Waals surface area contributed by atoms with E-state index >= 15 is 0 Å². The third kappa shape index (κ3) is 2.67. The van der Waals surface area contributed by atoms with E-state index in [-0.39, 0.29) is 18.9 Å². The van der Waals surface area contributed by atoms with Crippen LogP contribution < -0.4 is 10.0 Å². The van der Waals surface area contributed by atoms with Gasteiger partial charge in [-0.15, -0.1) is 0 Å². The molecule has 1 amide bonds. The minimum absolute atomic E-state index is 0.0389. The molecule has 1 heterocycles. The van der Waals surface area contributed by atoms with Crippen LogP contribution in [-0.4, -0.2) is 26.1 Å². The van der Waals surface area contributed by atoms with E-state index in [2.05, 4.69) is 22.6 Å². The van der Waals surface area contributed by atoms with E-state index in [0.717, 1.165) is 14.8 Å². The fourth-order valence-electron chi connectivity index (χ4n) is 1.96. The molecule has 2 rings (SSSR count). The van der Waals surface area contributed by atoms with Gasteiger partial charge in [-0.25, -0.2) is 13.6 Å². The summed E-state index contributed by atoms with van der Waals surface area (Å²) < 4.78 is 23.5. The molecule has 1 aromatic rings. The van der Waals surface area contributed by atoms with Gasteiger partial charge in [-0.05, 0) is 47.2 Å². The number of aryl methyl sites for hydroxylation is 1. The highest BCUT2D eigenvalue weighted by atomic mass is 127. The standard InChI is InChI=1S/C11H13IN2O3S/c1-7-2-3-10(9(12)4-7)14-6-8(5-11(14)15)18(13,16)17/h2-4,8H,5-6H2,1H3,(H2,13,16,17). The molecule has 1 unspecified atom stereocenters. The number of amides is 1. The molecule has 18 heavy (non-hydrogen) atoms. The van der Waals surface area contributed by atoms with E-state index in [1.807, 2.05) is 25.1 Å². The summed E-state index contributed by atoms with van der Waals surface area (Å²) >= 11 is 2.14. The lowest BCUT2D eigenvalue weighted by atomic mass is 10.2. The molecule has 0 saturated carbocycles. The monoisotopic (exact) mass is 380 g/mol. The van der Waals surface area contributed by atoms with Gasteiger partial charge in [0.25, 0.3) is 0 Å². The Labute approximate surface area is 120 Å². The molecule has 0 spiro atoms. The molecule has 1 aliphatic rings. The highest BCUT2D eigenvalue weighted by Crippen LogP contribution is 2.29. The van der Waals surface area contributed by atoms with Gasteiger partial charge in [0, 0.05) is 16.5 Å². The van der Waals surface area contributed by atoms with Crippen molar-refractivity contribution in [2.24, 2.45) is 5.14 Å². The first-order valence-electron chi connectivity index (χ1n) is 5.37. The first-order valence-corrected chi connectivity index (χ1v) is 8.06. The number of halogens is 1. The number of benzene rings is 1. The predicted molar refractivity (Wildman–Crippen MR) is 77.8 cm³/mol. The second-order valence-corrected chi connectivity index (χ2v) is 7.38. The van der Waals surface area contributed by atoms with Crippen molar-refractivity contribution < 1.29 is 13.2 Å². The molecular formula is C11H13IN2O3S. The van der Waals surface area contributed by atoms with E-state index in [1.165, 1.54) is 4.90 Å². The van der Waals surface area contributed by atoms with Crippen molar-refractivity contribution in [3.63, 3.8) is 0 Å². The van der Waals surface area contributed by atoms with E-state index in [0.29, 0.717) is 0 Å². The van der Waals surface area contributed by atoms with Gasteiger partial charge in [0.1, 0.15) is 5.25 Å². The number of hydrogen-bond donors (Lipinski definition) is 1. The molecule has 2 N–H and O–H groups in total. The number of nitrogens with zero attached hydrogens (tertiary/aromatic N) is 1. The van der Waals surface area contributed by atoms with Crippen molar-refractivity contribution in [1.29, 1.82) is 0 Å². The fourth-order valence-corrected chi connectivity index (χ4v) is 3.65. The Hall–Kier alpha value is -0.670. The van der Waals surface area contributed by atoms with Crippen LogP contribution in [0, 0.1) is 10.5 Å². The van der Waals surface area contributed by atoms with Crippen LogP contribution in [0.4, 0.5) is 5.69 Å². The zero-order valence-electron chi connectivity index (χ0n) is 9.76. The smallest absolute Gasteiger partial charge is 0.228 e. The van der Waals surface area contributed by atoms with E-state index in [1.54, 1.807) is 0 Å². The van der Waals surface area contributed by atoms with Gasteiger partial charge >= 0.3 is 0 Å². The predicted octanol–water partition coefficient (Wildman–Crippen LogP) is 0.993. The minimum Gasteiger partial charge on any atom is -0.310 e. The summed E-state index contributed by atoms with van der Waals surface area (Å²) in [5, 5.41) is 4.29. The van der Waals surface area contributed by atoms with Crippen molar-refractivity contribution in [3.05, 3.63) is 27.3 Å². The van der Waals surface area contributed by atoms with Crippen molar-refractivity contribution in [2.45, 2.75) is 18.6 Å². The molecule has 7 heteroatoms. The molecule has 0 aliphatic carbocycles. The molecule has 0 bridgehead atoms. The highest BCUT2D eigenvalue weighted by Gasteiger charge is 2.37. The SMILES string of the molecule is Cc1ccc(N2CC(S(N)(=O)=O)CC2=O)c(I)c1. The van der Waals surface area contributed by atoms with Gasteiger partial charge in [-0.3, -0.25) is 4.79 Å². The number of carbonyl (C=O) groups excluding carboxylic acids is 1. The average molecular weight is 380 g/mol. The summed E-state index contributed by atoms with van der Waals surface area (Å²) in [7, 11) is -3.66. The van der Waals surface area contributed by atoms with Crippen LogP contribution >= 0.6 is 22.6 Å². The molecule has 1 saturated heterocycles. The van der Waals surface area contributed by atoms with Crippen molar-refractivity contribution in [3.8, 4) is 0 Å². The van der Waals surface area contributed by atoms with E-state index < -0.39 is 15.3 Å². The summed E-state index contributed by atoms with van der Waals surface area (Å²) in [5.74, 6) is -0.198. The summed E-state index contributed by atoms with van der Waals surface area (Å²) in [6.07, 6.45) is -0.0389. The number of nitrogens with two attached hydrogens (primary N) is 1. The first-order chi connectivity index (χ1) is 8.29. The summed E-state index contributed by atoms with van der Waals surface area (Å²) in [5.41, 5.74) is 1.84. The number of anilines is 1. The second kappa shape index (κ2) is 4.78. The normalized spacial score (nSPS) is 20.5. The number of carbonyl (C=O) groups is 1. The molecule has 0 radical (unpaired) electrons. The maximum absolute atomic E-state index is 11.9. The summed E-state index contributed by atoms with van der Waals surface area (Å²) in [6, 6.07) is 5.68. The number of sulfonamides is 1. The highest BCUT2D eigenvalue weighted by molar-refractivity contribution is 14.1. The molecular weight excluding hydrogens is 367 g/mol. The maximum atomic E-state index is 11.9. The minimum atomic E-state index is -3.66. The molecule has 1 aromatic carbocycles. The zero-order chi connectivity index (χ0) is 13.5. The van der Waals surface area contributed by atoms with Crippen molar-refractivity contribution in [2.75, 3.05) is 11.4 Å². The van der Waals surface area contributed by atoms with Crippen LogP contribution in [0.1, 0.15) is 12.0 Å². The average Bonchev–Trinajstić information content (AvgIpc) is 2.60. The van der Waals surface area contributed by atoms with Crippen molar-refractivity contribution in [1.82, 2.24) is 0 Å². The molecule has 1 aliphatic heterocycles. The Balaban J connectivity index is 2.33. The van der Waals surface area contributed by atoms with E-state index in [4.69, 9.17) is 5.14 Å². The Morgan fingerprint density at radius 3 is 2.61 bits per heavy atom. The third-order valence-corrected chi connectivity index (χ3v) is 5.06. The van der Waals surface area contributed by atoms with Crippen LogP contribution in [-0.2, 0) is 14.8 Å². The van der Waals surface area contributed by atoms with Crippen molar-refractivity contribution >= 4 is 44.2 Å². The van der Waals surface area contributed by atoms with Gasteiger partial charge < -0.3 is 4.90 Å². The maximum Gasteiger partial charge on any atom is 0.228 e.